The van der Waals surface area contributed by atoms with Crippen molar-refractivity contribution in [2.24, 2.45) is 0 Å². The Labute approximate surface area is 471 Å². The van der Waals surface area contributed by atoms with Gasteiger partial charge in [0, 0.05) is 12.8 Å². The fourth-order valence-electron chi connectivity index (χ4n) is 11.1. The molecule has 2 atom stereocenters. The molecule has 0 fully saturated rings. The first-order valence-electron chi connectivity index (χ1n) is 34.4. The van der Waals surface area contributed by atoms with E-state index in [0.717, 1.165) is 64.2 Å². The highest BCUT2D eigenvalue weighted by molar-refractivity contribution is 4.83. The van der Waals surface area contributed by atoms with E-state index in [2.05, 4.69) is 55.4 Å². The minimum Gasteiger partial charge on any atom is -0.347 e. The molecule has 0 amide bonds. The third kappa shape index (κ3) is 45.1. The Morgan fingerprint density at radius 1 is 0.227 bits per heavy atom. The summed E-state index contributed by atoms with van der Waals surface area (Å²) in [6, 6.07) is 0. The van der Waals surface area contributed by atoms with E-state index in [4.69, 9.17) is 33.2 Å². The lowest BCUT2D eigenvalue weighted by Gasteiger charge is -2.41. The van der Waals surface area contributed by atoms with E-state index < -0.39 is 11.6 Å². The molecule has 0 aliphatic heterocycles. The van der Waals surface area contributed by atoms with Crippen LogP contribution in [0.15, 0.2) is 0 Å². The number of unbranched alkanes of at least 4 members (excludes halogenated alkanes) is 40. The fourth-order valence-corrected chi connectivity index (χ4v) is 11.1. The number of rotatable bonds is 66. The summed E-state index contributed by atoms with van der Waals surface area (Å²) in [5.41, 5.74) is 0. The van der Waals surface area contributed by atoms with Crippen LogP contribution >= 0.6 is 0 Å². The quantitative estimate of drug-likeness (QED) is 0.0444. The predicted molar refractivity (Wildman–Crippen MR) is 326 cm³/mol. The molecule has 0 saturated carbocycles. The molecule has 0 heterocycles. The summed E-state index contributed by atoms with van der Waals surface area (Å²) < 4.78 is 48.2. The zero-order valence-corrected chi connectivity index (χ0v) is 52.6. The van der Waals surface area contributed by atoms with E-state index in [1.807, 2.05) is 0 Å². The van der Waals surface area contributed by atoms with Gasteiger partial charge in [-0.2, -0.15) is 0 Å². The van der Waals surface area contributed by atoms with Crippen molar-refractivity contribution < 1.29 is 33.2 Å². The molecule has 7 nitrogen and oxygen atoms in total. The average Bonchev–Trinajstić information content (AvgIpc) is 3.42. The van der Waals surface area contributed by atoms with Gasteiger partial charge in [-0.15, -0.1) is 0 Å². The van der Waals surface area contributed by atoms with Crippen LogP contribution in [0.3, 0.4) is 0 Å². The lowest BCUT2D eigenvalue weighted by Crippen LogP contribution is -2.50. The molecule has 0 rings (SSSR count). The number of hydrogen-bond acceptors (Lipinski definition) is 7. The van der Waals surface area contributed by atoms with Gasteiger partial charge in [-0.05, 0) is 51.4 Å². The zero-order chi connectivity index (χ0) is 54.7. The predicted octanol–water partition coefficient (Wildman–Crippen LogP) is 22.8. The van der Waals surface area contributed by atoms with Gasteiger partial charge in [0.1, 0.15) is 25.8 Å². The van der Waals surface area contributed by atoms with Crippen LogP contribution in [0.25, 0.3) is 0 Å². The summed E-state index contributed by atoms with van der Waals surface area (Å²) in [7, 11) is 0. The maximum absolute atomic E-state index is 7.06. The number of ether oxygens (including phenoxy) is 7. The molecule has 452 valence electrons. The van der Waals surface area contributed by atoms with Crippen LogP contribution in [0.5, 0.6) is 0 Å². The van der Waals surface area contributed by atoms with Gasteiger partial charge in [0.05, 0.1) is 26.4 Å². The molecule has 0 aliphatic carbocycles. The minimum absolute atomic E-state index is 0.137. The van der Waals surface area contributed by atoms with E-state index in [0.29, 0.717) is 26.4 Å². The van der Waals surface area contributed by atoms with E-state index in [1.54, 1.807) is 0 Å². The summed E-state index contributed by atoms with van der Waals surface area (Å²) in [5, 5.41) is 0. The lowest BCUT2D eigenvalue weighted by atomic mass is 9.98. The Hall–Kier alpha value is -0.280. The molecular formula is C68H138O7. The molecule has 0 aromatic carbocycles. The van der Waals surface area contributed by atoms with Crippen LogP contribution in [0.2, 0.25) is 0 Å². The molecule has 0 aromatic heterocycles. The van der Waals surface area contributed by atoms with E-state index >= 15 is 0 Å². The van der Waals surface area contributed by atoms with Crippen LogP contribution in [-0.2, 0) is 33.2 Å². The van der Waals surface area contributed by atoms with Crippen LogP contribution in [-0.4, -0.2) is 63.8 Å². The third-order valence-corrected chi connectivity index (χ3v) is 16.1. The Bertz CT molecular complexity index is 941. The molecule has 7 heteroatoms. The van der Waals surface area contributed by atoms with Crippen molar-refractivity contribution >= 4 is 0 Å². The van der Waals surface area contributed by atoms with E-state index in [1.165, 1.54) is 257 Å². The van der Waals surface area contributed by atoms with Crippen molar-refractivity contribution in [3.63, 3.8) is 0 Å². The Kier molecular flexibility index (Phi) is 59.6. The smallest absolute Gasteiger partial charge is 0.194 e. The molecule has 75 heavy (non-hydrogen) atoms. The van der Waals surface area contributed by atoms with Gasteiger partial charge in [0.25, 0.3) is 0 Å². The minimum atomic E-state index is -0.782. The third-order valence-electron chi connectivity index (χ3n) is 16.1. The number of hydrogen-bond donors (Lipinski definition) is 0. The molecule has 0 bridgehead atoms. The molecule has 0 aliphatic rings. The molecule has 0 N–H and O–H groups in total. The van der Waals surface area contributed by atoms with Gasteiger partial charge in [-0.3, -0.25) is 0 Å². The lowest BCUT2D eigenvalue weighted by molar-refractivity contribution is -0.324. The molecular weight excluding hydrogens is 929 g/mol. The highest BCUT2D eigenvalue weighted by Gasteiger charge is 2.42. The monoisotopic (exact) mass is 1070 g/mol. The first-order valence-corrected chi connectivity index (χ1v) is 34.4. The van der Waals surface area contributed by atoms with Gasteiger partial charge in [-0.1, -0.05) is 312 Å². The molecule has 0 spiro atoms. The van der Waals surface area contributed by atoms with Gasteiger partial charge >= 0.3 is 0 Å². The van der Waals surface area contributed by atoms with Crippen molar-refractivity contribution in [1.29, 1.82) is 0 Å². The van der Waals surface area contributed by atoms with Gasteiger partial charge in [-0.25, -0.2) is 0 Å². The van der Waals surface area contributed by atoms with Crippen LogP contribution in [0, 0.1) is 0 Å². The van der Waals surface area contributed by atoms with Gasteiger partial charge in [0.2, 0.25) is 0 Å². The van der Waals surface area contributed by atoms with E-state index in [-0.39, 0.29) is 25.8 Å². The second-order valence-electron chi connectivity index (χ2n) is 23.2. The normalized spacial score (nSPS) is 13.1. The standard InChI is InChI=1S/C68H138O7/c1-9-17-23-29-35-37-39-41-43-45-51-57-67(72-59-53-47-31-25-19-11-3,73-60-54-48-32-26-20-12-4)65(15-7)70-63-69-64-71-66(16-8)68(74-61-55-49-33-27-21-13-5,75-62-56-50-34-28-22-14-6)58-52-46-44-42-40-38-36-30-24-18-10-2/h65-66H,9-64H2,1-8H3. The molecule has 2 unspecified atom stereocenters. The summed E-state index contributed by atoms with van der Waals surface area (Å²) in [4.78, 5) is 0. The van der Waals surface area contributed by atoms with Crippen molar-refractivity contribution in [1.82, 2.24) is 0 Å². The zero-order valence-electron chi connectivity index (χ0n) is 52.6. The molecule has 0 saturated heterocycles. The fraction of sp³-hybridized carbons (Fsp3) is 1.00. The second-order valence-corrected chi connectivity index (χ2v) is 23.2. The van der Waals surface area contributed by atoms with Crippen molar-refractivity contribution in [2.75, 3.05) is 40.0 Å². The maximum Gasteiger partial charge on any atom is 0.194 e. The van der Waals surface area contributed by atoms with Crippen molar-refractivity contribution in [2.45, 2.75) is 400 Å². The Morgan fingerprint density at radius 2 is 0.413 bits per heavy atom. The summed E-state index contributed by atoms with van der Waals surface area (Å²) >= 11 is 0. The average molecular weight is 1070 g/mol. The SMILES string of the molecule is CCCCCCCCCCCCCC(OCCCCCCCC)(OCCCCCCCC)C(CC)OCOCOC(CC)C(CCCCCCCCCCCCC)(OCCCCCCCC)OCCCCCCCC. The van der Waals surface area contributed by atoms with Gasteiger partial charge < -0.3 is 33.2 Å². The van der Waals surface area contributed by atoms with Crippen LogP contribution in [0.1, 0.15) is 376 Å². The maximum atomic E-state index is 7.06. The van der Waals surface area contributed by atoms with Crippen LogP contribution in [0.4, 0.5) is 0 Å². The summed E-state index contributed by atoms with van der Waals surface area (Å²) in [6.45, 7) is 21.4. The van der Waals surface area contributed by atoms with Crippen molar-refractivity contribution in [3.8, 4) is 0 Å². The molecule has 0 radical (unpaired) electrons. The highest BCUT2D eigenvalue weighted by atomic mass is 16.8. The van der Waals surface area contributed by atoms with Crippen LogP contribution < -0.4 is 0 Å². The Morgan fingerprint density at radius 3 is 0.613 bits per heavy atom. The van der Waals surface area contributed by atoms with E-state index in [9.17, 15) is 0 Å². The second kappa shape index (κ2) is 59.8. The summed E-state index contributed by atoms with van der Waals surface area (Å²) in [5.74, 6) is -1.56. The first-order chi connectivity index (χ1) is 37.0. The largest absolute Gasteiger partial charge is 0.347 e. The van der Waals surface area contributed by atoms with Crippen molar-refractivity contribution in [3.05, 3.63) is 0 Å². The Balaban J connectivity index is 6.17. The highest BCUT2D eigenvalue weighted by Crippen LogP contribution is 2.34. The summed E-state index contributed by atoms with van der Waals surface area (Å²) in [6.07, 6.45) is 61.7. The topological polar surface area (TPSA) is 64.6 Å². The molecule has 0 aromatic rings. The van der Waals surface area contributed by atoms with Gasteiger partial charge in [0.15, 0.2) is 11.6 Å². The first kappa shape index (κ1) is 74.7.